The van der Waals surface area contributed by atoms with Gasteiger partial charge in [0.15, 0.2) is 0 Å². The van der Waals surface area contributed by atoms with Crippen LogP contribution in [0.25, 0.3) is 31.5 Å². The molecule has 0 aliphatic heterocycles. The van der Waals surface area contributed by atoms with Crippen molar-refractivity contribution in [2.45, 2.75) is 6.92 Å². The lowest BCUT2D eigenvalue weighted by Gasteiger charge is -2.04. The van der Waals surface area contributed by atoms with Crippen LogP contribution in [0.15, 0.2) is 66.4 Å². The molecule has 3 heterocycles. The third kappa shape index (κ3) is 3.70. The fraction of sp³-hybridized carbons (Fsp3) is 0.0455. The summed E-state index contributed by atoms with van der Waals surface area (Å²) in [5.41, 5.74) is 4.95. The molecule has 0 fully saturated rings. The van der Waals surface area contributed by atoms with Crippen LogP contribution in [0.1, 0.15) is 16.1 Å². The number of fused-ring (bicyclic) bond motifs is 1. The van der Waals surface area contributed by atoms with Gasteiger partial charge in [-0.3, -0.25) is 14.8 Å². The van der Waals surface area contributed by atoms with E-state index in [1.54, 1.807) is 35.3 Å². The second-order valence-corrected chi connectivity index (χ2v) is 8.54. The number of hydrogen-bond donors (Lipinski definition) is 1. The van der Waals surface area contributed by atoms with E-state index in [0.29, 0.717) is 22.1 Å². The highest BCUT2D eigenvalue weighted by atomic mass is 32.1. The van der Waals surface area contributed by atoms with Gasteiger partial charge in [0.25, 0.3) is 5.91 Å². The number of nitrogens with zero attached hydrogens (tertiary/aromatic N) is 4. The van der Waals surface area contributed by atoms with E-state index in [9.17, 15) is 4.79 Å². The third-order valence-corrected chi connectivity index (χ3v) is 6.38. The van der Waals surface area contributed by atoms with Crippen molar-refractivity contribution in [3.05, 3.63) is 77.7 Å². The number of aromatic nitrogens is 4. The van der Waals surface area contributed by atoms with Crippen molar-refractivity contribution < 1.29 is 4.79 Å². The number of carbonyl (C=O) groups excluding carboxylic acids is 1. The van der Waals surface area contributed by atoms with Crippen LogP contribution in [0.4, 0.5) is 5.69 Å². The van der Waals surface area contributed by atoms with Gasteiger partial charge in [-0.15, -0.1) is 22.7 Å². The Morgan fingerprint density at radius 3 is 2.67 bits per heavy atom. The minimum Gasteiger partial charge on any atom is -0.321 e. The second kappa shape index (κ2) is 7.74. The zero-order valence-corrected chi connectivity index (χ0v) is 17.5. The van der Waals surface area contributed by atoms with Gasteiger partial charge in [-0.1, -0.05) is 6.07 Å². The molecule has 1 N–H and O–H groups in total. The number of hydrogen-bond acceptors (Lipinski definition) is 7. The lowest BCUT2D eigenvalue weighted by atomic mass is 10.2. The number of rotatable bonds is 4. The summed E-state index contributed by atoms with van der Waals surface area (Å²) < 4.78 is 1.17. The summed E-state index contributed by atoms with van der Waals surface area (Å²) in [6.07, 6.45) is 4.83. The lowest BCUT2D eigenvalue weighted by molar-refractivity contribution is 0.102. The zero-order chi connectivity index (χ0) is 20.5. The summed E-state index contributed by atoms with van der Waals surface area (Å²) in [7, 11) is 0. The van der Waals surface area contributed by atoms with Gasteiger partial charge in [0, 0.05) is 29.0 Å². The Hall–Kier alpha value is -3.49. The molecule has 30 heavy (non-hydrogen) atoms. The predicted octanol–water partition coefficient (Wildman–Crippen LogP) is 5.44. The Morgan fingerprint density at radius 2 is 1.87 bits per heavy atom. The Bertz CT molecular complexity index is 1340. The van der Waals surface area contributed by atoms with Crippen LogP contribution in [0.2, 0.25) is 0 Å². The van der Waals surface area contributed by atoms with Crippen LogP contribution in [-0.4, -0.2) is 25.8 Å². The van der Waals surface area contributed by atoms with Gasteiger partial charge < -0.3 is 5.32 Å². The van der Waals surface area contributed by atoms with Crippen LogP contribution in [0.5, 0.6) is 0 Å². The van der Waals surface area contributed by atoms with E-state index in [1.165, 1.54) is 21.6 Å². The second-order valence-electron chi connectivity index (χ2n) is 6.65. The van der Waals surface area contributed by atoms with Gasteiger partial charge in [-0.25, -0.2) is 9.97 Å². The first-order valence-corrected chi connectivity index (χ1v) is 10.9. The average Bonchev–Trinajstić information content (AvgIpc) is 3.42. The lowest BCUT2D eigenvalue weighted by Crippen LogP contribution is -2.12. The van der Waals surface area contributed by atoms with E-state index in [2.05, 4.69) is 39.3 Å². The fourth-order valence-electron chi connectivity index (χ4n) is 2.95. The van der Waals surface area contributed by atoms with Gasteiger partial charge in [-0.2, -0.15) is 0 Å². The normalized spacial score (nSPS) is 11.0. The highest BCUT2D eigenvalue weighted by Gasteiger charge is 2.13. The summed E-state index contributed by atoms with van der Waals surface area (Å²) in [6.45, 7) is 2.08. The molecule has 5 aromatic rings. The van der Waals surface area contributed by atoms with Crippen molar-refractivity contribution in [2.75, 3.05) is 5.32 Å². The summed E-state index contributed by atoms with van der Waals surface area (Å²) in [6, 6.07) is 13.9. The van der Waals surface area contributed by atoms with Crippen molar-refractivity contribution in [3.8, 4) is 21.3 Å². The number of aryl methyl sites for hydroxylation is 1. The molecule has 0 aliphatic carbocycles. The first kappa shape index (κ1) is 18.5. The maximum atomic E-state index is 12.5. The number of amides is 1. The van der Waals surface area contributed by atoms with Crippen molar-refractivity contribution in [1.82, 2.24) is 19.9 Å². The van der Waals surface area contributed by atoms with Crippen LogP contribution in [0.3, 0.4) is 0 Å². The Balaban J connectivity index is 1.32. The minimum absolute atomic E-state index is 0.260. The Morgan fingerprint density at radius 1 is 1.00 bits per heavy atom. The Kier molecular flexibility index (Phi) is 4.78. The van der Waals surface area contributed by atoms with Crippen LogP contribution in [-0.2, 0) is 0 Å². The minimum atomic E-state index is -0.260. The van der Waals surface area contributed by atoms with Crippen molar-refractivity contribution in [1.29, 1.82) is 0 Å². The van der Waals surface area contributed by atoms with Crippen LogP contribution < -0.4 is 5.32 Å². The molecule has 0 saturated carbocycles. The molecule has 146 valence electrons. The molecular formula is C22H15N5OS2. The first-order chi connectivity index (χ1) is 14.7. The molecule has 0 bridgehead atoms. The molecule has 0 unspecified atom stereocenters. The van der Waals surface area contributed by atoms with Gasteiger partial charge in [-0.05, 0) is 48.9 Å². The molecule has 0 saturated heterocycles. The van der Waals surface area contributed by atoms with Gasteiger partial charge in [0.2, 0.25) is 0 Å². The average molecular weight is 430 g/mol. The van der Waals surface area contributed by atoms with E-state index in [-0.39, 0.29) is 5.91 Å². The fourth-order valence-corrected chi connectivity index (χ4v) is 4.78. The van der Waals surface area contributed by atoms with Crippen LogP contribution in [0, 0.1) is 6.92 Å². The van der Waals surface area contributed by atoms with E-state index in [4.69, 9.17) is 4.98 Å². The number of nitrogens with one attached hydrogen (secondary N) is 1. The topological polar surface area (TPSA) is 80.7 Å². The summed E-state index contributed by atoms with van der Waals surface area (Å²) in [5.74, 6) is -0.260. The largest absolute Gasteiger partial charge is 0.321 e. The highest BCUT2D eigenvalue weighted by Crippen LogP contribution is 2.31. The van der Waals surface area contributed by atoms with E-state index >= 15 is 0 Å². The zero-order valence-electron chi connectivity index (χ0n) is 15.9. The number of carbonyl (C=O) groups is 1. The molecule has 1 amide bonds. The molecule has 0 atom stereocenters. The maximum absolute atomic E-state index is 12.5. The molecular weight excluding hydrogens is 414 g/mol. The maximum Gasteiger partial charge on any atom is 0.275 e. The molecule has 2 aromatic carbocycles. The number of benzene rings is 2. The van der Waals surface area contributed by atoms with E-state index in [1.807, 2.05) is 30.3 Å². The van der Waals surface area contributed by atoms with Gasteiger partial charge in [0.05, 0.1) is 16.4 Å². The molecule has 6 nitrogen and oxygen atoms in total. The number of thiazole rings is 2. The molecule has 0 spiro atoms. The van der Waals surface area contributed by atoms with Gasteiger partial charge >= 0.3 is 0 Å². The smallest absolute Gasteiger partial charge is 0.275 e. The third-order valence-electron chi connectivity index (χ3n) is 4.45. The SMILES string of the molecule is Cc1ccc2nc(-c3ccc(NC(=O)c4csc(-c5cnccn5)n4)cc3)sc2c1. The molecule has 0 radical (unpaired) electrons. The summed E-state index contributed by atoms with van der Waals surface area (Å²) in [5, 5.41) is 6.23. The molecule has 0 aliphatic rings. The Labute approximate surface area is 180 Å². The number of anilines is 1. The van der Waals surface area contributed by atoms with E-state index in [0.717, 1.165) is 16.1 Å². The first-order valence-electron chi connectivity index (χ1n) is 9.16. The molecule has 8 heteroatoms. The molecule has 3 aromatic heterocycles. The predicted molar refractivity (Wildman–Crippen MR) is 121 cm³/mol. The van der Waals surface area contributed by atoms with E-state index < -0.39 is 0 Å². The van der Waals surface area contributed by atoms with Crippen LogP contribution >= 0.6 is 22.7 Å². The summed E-state index contributed by atoms with van der Waals surface area (Å²) >= 11 is 3.03. The van der Waals surface area contributed by atoms with Crippen molar-refractivity contribution in [2.24, 2.45) is 0 Å². The summed E-state index contributed by atoms with van der Waals surface area (Å²) in [4.78, 5) is 29.9. The quantitative estimate of drug-likeness (QED) is 0.412. The monoisotopic (exact) mass is 429 g/mol. The van der Waals surface area contributed by atoms with Crippen molar-refractivity contribution >= 4 is 44.5 Å². The highest BCUT2D eigenvalue weighted by molar-refractivity contribution is 7.21. The standard InChI is InChI=1S/C22H15N5OS2/c1-13-2-7-16-19(10-13)30-21(26-16)14-3-5-15(6-4-14)25-20(28)18-12-29-22(27-18)17-11-23-8-9-24-17/h2-12H,1H3,(H,25,28). The molecule has 5 rings (SSSR count). The van der Waals surface area contributed by atoms with Crippen molar-refractivity contribution in [3.63, 3.8) is 0 Å². The van der Waals surface area contributed by atoms with Gasteiger partial charge in [0.1, 0.15) is 21.4 Å².